The fraction of sp³-hybridized carbons (Fsp3) is 0.615. The minimum absolute atomic E-state index is 0.0549. The highest BCUT2D eigenvalue weighted by atomic mass is 16.6. The van der Waals surface area contributed by atoms with Crippen LogP contribution in [0.3, 0.4) is 0 Å². The molecule has 0 unspecified atom stereocenters. The summed E-state index contributed by atoms with van der Waals surface area (Å²) in [7, 11) is 5.51. The summed E-state index contributed by atoms with van der Waals surface area (Å²) in [6, 6.07) is 0. The summed E-state index contributed by atoms with van der Waals surface area (Å²) in [5, 5.41) is 0. The van der Waals surface area contributed by atoms with Gasteiger partial charge >= 0.3 is 11.9 Å². The van der Waals surface area contributed by atoms with Gasteiger partial charge in [0.25, 0.3) is 11.9 Å². The highest BCUT2D eigenvalue weighted by Crippen LogP contribution is 2.44. The molecule has 0 amide bonds. The third kappa shape index (κ3) is 6.15. The fourth-order valence-corrected chi connectivity index (χ4v) is 4.09. The maximum absolute atomic E-state index is 12.7. The molecular formula is C26H38O8. The molecule has 0 saturated heterocycles. The number of rotatable bonds is 15. The third-order valence-corrected chi connectivity index (χ3v) is 5.87. The van der Waals surface area contributed by atoms with Crippen molar-refractivity contribution in [2.45, 2.75) is 78.1 Å². The van der Waals surface area contributed by atoms with E-state index in [2.05, 4.69) is 13.8 Å². The summed E-state index contributed by atoms with van der Waals surface area (Å²) >= 11 is 0. The smallest absolute Gasteiger partial charge is 0.345 e. The maximum Gasteiger partial charge on any atom is 0.345 e. The molecular weight excluding hydrogens is 440 g/mol. The van der Waals surface area contributed by atoms with Gasteiger partial charge in [-0.3, -0.25) is 0 Å². The lowest BCUT2D eigenvalue weighted by Crippen LogP contribution is -2.07. The van der Waals surface area contributed by atoms with Crippen molar-refractivity contribution in [1.29, 1.82) is 0 Å². The summed E-state index contributed by atoms with van der Waals surface area (Å²) in [5.41, 5.74) is 1.76. The molecule has 34 heavy (non-hydrogen) atoms. The Balaban J connectivity index is 2.69. The molecule has 0 atom stereocenters. The van der Waals surface area contributed by atoms with Crippen LogP contribution in [0.1, 0.15) is 97.1 Å². The number of carbonyl (C=O) groups is 2. The zero-order valence-corrected chi connectivity index (χ0v) is 21.3. The van der Waals surface area contributed by atoms with Crippen LogP contribution in [0.15, 0.2) is 8.83 Å². The van der Waals surface area contributed by atoms with E-state index in [1.807, 2.05) is 0 Å². The van der Waals surface area contributed by atoms with Crippen LogP contribution in [-0.2, 0) is 22.3 Å². The van der Waals surface area contributed by atoms with E-state index in [9.17, 15) is 9.59 Å². The lowest BCUT2D eigenvalue weighted by atomic mass is 9.97. The Labute approximate surface area is 201 Å². The van der Waals surface area contributed by atoms with Crippen molar-refractivity contribution in [2.24, 2.45) is 0 Å². The maximum atomic E-state index is 12.7. The molecule has 0 fully saturated rings. The van der Waals surface area contributed by atoms with E-state index in [1.165, 1.54) is 28.4 Å². The van der Waals surface area contributed by atoms with Gasteiger partial charge in [0.05, 0.1) is 28.4 Å². The largest absolute Gasteiger partial charge is 0.468 e. The Bertz CT molecular complexity index is 861. The van der Waals surface area contributed by atoms with E-state index in [-0.39, 0.29) is 23.0 Å². The van der Waals surface area contributed by atoms with Crippen molar-refractivity contribution in [1.82, 2.24) is 0 Å². The topological polar surface area (TPSA) is 97.3 Å². The van der Waals surface area contributed by atoms with E-state index >= 15 is 0 Å². The molecule has 0 N–H and O–H groups in total. The first kappa shape index (κ1) is 27.3. The van der Waals surface area contributed by atoms with Gasteiger partial charge in [0, 0.05) is 11.1 Å². The Kier molecular flexibility index (Phi) is 11.0. The van der Waals surface area contributed by atoms with Gasteiger partial charge in [-0.1, -0.05) is 52.4 Å². The number of carbonyl (C=O) groups excluding carboxylic acids is 2. The Hall–Kier alpha value is -2.90. The average Bonchev–Trinajstić information content (AvgIpc) is 3.41. The quantitative estimate of drug-likeness (QED) is 0.215. The van der Waals surface area contributed by atoms with Crippen LogP contribution in [0.2, 0.25) is 0 Å². The van der Waals surface area contributed by atoms with Crippen LogP contribution in [-0.4, -0.2) is 40.4 Å². The fourth-order valence-electron chi connectivity index (χ4n) is 4.09. The number of furan rings is 2. The van der Waals surface area contributed by atoms with Gasteiger partial charge in [0.15, 0.2) is 11.5 Å². The number of unbranched alkanes of at least 4 members (excludes halogenated alkanes) is 6. The van der Waals surface area contributed by atoms with E-state index in [0.29, 0.717) is 35.5 Å². The van der Waals surface area contributed by atoms with Gasteiger partial charge in [-0.2, -0.15) is 0 Å². The Morgan fingerprint density at radius 2 is 1.00 bits per heavy atom. The number of hydrogen-bond acceptors (Lipinski definition) is 8. The molecule has 0 radical (unpaired) electrons. The van der Waals surface area contributed by atoms with Crippen molar-refractivity contribution >= 4 is 11.9 Å². The summed E-state index contributed by atoms with van der Waals surface area (Å²) in [5.74, 6) is -0.277. The molecule has 2 aromatic rings. The molecule has 190 valence electrons. The molecule has 2 rings (SSSR count). The zero-order chi connectivity index (χ0) is 25.1. The molecule has 0 saturated carbocycles. The van der Waals surface area contributed by atoms with Crippen LogP contribution < -0.4 is 9.47 Å². The summed E-state index contributed by atoms with van der Waals surface area (Å²) in [4.78, 5) is 25.3. The first-order valence-electron chi connectivity index (χ1n) is 12.0. The lowest BCUT2D eigenvalue weighted by Gasteiger charge is -2.07. The van der Waals surface area contributed by atoms with Crippen molar-refractivity contribution in [3.63, 3.8) is 0 Å². The van der Waals surface area contributed by atoms with E-state index < -0.39 is 11.9 Å². The van der Waals surface area contributed by atoms with Crippen LogP contribution in [0.25, 0.3) is 11.5 Å². The zero-order valence-electron chi connectivity index (χ0n) is 21.3. The highest BCUT2D eigenvalue weighted by Gasteiger charge is 2.34. The van der Waals surface area contributed by atoms with Crippen LogP contribution in [0.4, 0.5) is 0 Å². The molecule has 2 heterocycles. The number of esters is 2. The minimum Gasteiger partial charge on any atom is -0.468 e. The number of ether oxygens (including phenoxy) is 4. The monoisotopic (exact) mass is 478 g/mol. The predicted octanol–water partition coefficient (Wildman–Crippen LogP) is 6.38. The summed E-state index contributed by atoms with van der Waals surface area (Å²) in [6.07, 6.45) is 9.18. The standard InChI is InChI=1S/C26H38O8/c1-7-9-11-13-15-17-19(23(27)29-3)25(31-5)33-21(17)22-18(16-14-12-10-8-2)20(24(28)30-4)26(32-6)34-22/h7-16H2,1-6H3. The Morgan fingerprint density at radius 3 is 1.29 bits per heavy atom. The van der Waals surface area contributed by atoms with E-state index in [1.54, 1.807) is 0 Å². The summed E-state index contributed by atoms with van der Waals surface area (Å²) < 4.78 is 32.9. The van der Waals surface area contributed by atoms with Gasteiger partial charge in [0.2, 0.25) is 0 Å². The van der Waals surface area contributed by atoms with Gasteiger partial charge in [-0.25, -0.2) is 9.59 Å². The minimum atomic E-state index is -0.548. The first-order chi connectivity index (χ1) is 16.5. The molecule has 8 heteroatoms. The first-order valence-corrected chi connectivity index (χ1v) is 12.0. The molecule has 0 bridgehead atoms. The highest BCUT2D eigenvalue weighted by molar-refractivity contribution is 5.98. The van der Waals surface area contributed by atoms with Gasteiger partial charge < -0.3 is 27.8 Å². The molecule has 2 aromatic heterocycles. The Morgan fingerprint density at radius 1 is 0.618 bits per heavy atom. The second-order valence-corrected chi connectivity index (χ2v) is 8.16. The normalized spacial score (nSPS) is 10.9. The van der Waals surface area contributed by atoms with Crippen LogP contribution in [0, 0.1) is 0 Å². The lowest BCUT2D eigenvalue weighted by molar-refractivity contribution is 0.0583. The summed E-state index contributed by atoms with van der Waals surface area (Å²) in [6.45, 7) is 4.28. The average molecular weight is 479 g/mol. The SMILES string of the molecule is CCCCCCc1c(-c2oc(OC)c(C(=O)OC)c2CCCCCC)oc(OC)c1C(=O)OC. The molecule has 0 aromatic carbocycles. The van der Waals surface area contributed by atoms with Gasteiger partial charge in [0.1, 0.15) is 11.1 Å². The second-order valence-electron chi connectivity index (χ2n) is 8.16. The van der Waals surface area contributed by atoms with Crippen LogP contribution in [0.5, 0.6) is 11.9 Å². The van der Waals surface area contributed by atoms with Crippen molar-refractivity contribution in [3.05, 3.63) is 22.3 Å². The molecule has 0 aliphatic rings. The van der Waals surface area contributed by atoms with Crippen molar-refractivity contribution in [2.75, 3.05) is 28.4 Å². The third-order valence-electron chi connectivity index (χ3n) is 5.87. The van der Waals surface area contributed by atoms with E-state index in [0.717, 1.165) is 51.4 Å². The van der Waals surface area contributed by atoms with Gasteiger partial charge in [-0.15, -0.1) is 0 Å². The van der Waals surface area contributed by atoms with E-state index in [4.69, 9.17) is 27.8 Å². The number of hydrogen-bond donors (Lipinski definition) is 0. The molecule has 0 spiro atoms. The molecule has 0 aliphatic heterocycles. The van der Waals surface area contributed by atoms with Crippen molar-refractivity contribution < 1.29 is 37.4 Å². The second kappa shape index (κ2) is 13.7. The molecule has 0 aliphatic carbocycles. The number of methoxy groups -OCH3 is 4. The van der Waals surface area contributed by atoms with Gasteiger partial charge in [-0.05, 0) is 25.7 Å². The predicted molar refractivity (Wildman–Crippen MR) is 128 cm³/mol. The molecule has 8 nitrogen and oxygen atoms in total. The van der Waals surface area contributed by atoms with Crippen LogP contribution >= 0.6 is 0 Å². The van der Waals surface area contributed by atoms with Crippen molar-refractivity contribution in [3.8, 4) is 23.4 Å².